The van der Waals surface area contributed by atoms with E-state index < -0.39 is 18.0 Å². The lowest BCUT2D eigenvalue weighted by Crippen LogP contribution is -2.39. The molecule has 1 N–H and O–H groups in total. The normalized spacial score (nSPS) is 15.1. The van der Waals surface area contributed by atoms with Crippen LogP contribution in [-0.2, 0) is 9.53 Å². The Balaban J connectivity index is 1.66. The Morgan fingerprint density at radius 3 is 2.59 bits per heavy atom. The Bertz CT molecular complexity index is 1840. The summed E-state index contributed by atoms with van der Waals surface area (Å²) < 4.78 is 18.3. The highest BCUT2D eigenvalue weighted by atomic mass is 32.1. The number of fused-ring (bicyclic) bond motifs is 1. The Labute approximate surface area is 226 Å². The zero-order valence-electron chi connectivity index (χ0n) is 21.6. The molecule has 3 heterocycles. The largest absolute Gasteiger partial charge is 0.496 e. The van der Waals surface area contributed by atoms with Gasteiger partial charge in [0.25, 0.3) is 5.56 Å². The van der Waals surface area contributed by atoms with Crippen molar-refractivity contribution in [2.24, 2.45) is 4.99 Å². The van der Waals surface area contributed by atoms with Gasteiger partial charge in [0, 0.05) is 11.6 Å². The molecule has 2 aromatic heterocycles. The first-order valence-electron chi connectivity index (χ1n) is 11.9. The first kappa shape index (κ1) is 25.9. The molecule has 0 saturated heterocycles. The van der Waals surface area contributed by atoms with Crippen LogP contribution in [0.15, 0.2) is 80.1 Å². The van der Waals surface area contributed by atoms with Gasteiger partial charge < -0.3 is 19.0 Å². The van der Waals surface area contributed by atoms with Crippen molar-refractivity contribution in [3.8, 4) is 17.1 Å². The smallest absolute Gasteiger partial charge is 0.338 e. The van der Waals surface area contributed by atoms with Gasteiger partial charge >= 0.3 is 11.9 Å². The van der Waals surface area contributed by atoms with E-state index >= 15 is 0 Å². The van der Waals surface area contributed by atoms with Crippen LogP contribution in [0.2, 0.25) is 0 Å². The fourth-order valence-corrected chi connectivity index (χ4v) is 5.63. The summed E-state index contributed by atoms with van der Waals surface area (Å²) in [6.45, 7) is 3.61. The molecule has 5 rings (SSSR count). The number of esters is 1. The number of carbonyl (C=O) groups excluding carboxylic acids is 1. The molecule has 9 nitrogen and oxygen atoms in total. The molecule has 1 aliphatic heterocycles. The quantitative estimate of drug-likeness (QED) is 0.368. The molecular formula is C29H24N2O7S. The summed E-state index contributed by atoms with van der Waals surface area (Å²) in [7, 11) is 2.85. The number of carboxylic acids is 1. The third kappa shape index (κ3) is 4.59. The Morgan fingerprint density at radius 1 is 1.10 bits per heavy atom. The molecule has 198 valence electrons. The van der Waals surface area contributed by atoms with E-state index in [4.69, 9.17) is 13.9 Å². The maximum atomic E-state index is 13.8. The predicted molar refractivity (Wildman–Crippen MR) is 145 cm³/mol. The number of allylic oxidation sites excluding steroid dienone is 1. The van der Waals surface area contributed by atoms with Crippen LogP contribution in [0.4, 0.5) is 0 Å². The molecule has 1 aliphatic rings. The Morgan fingerprint density at radius 2 is 1.87 bits per heavy atom. The fraction of sp³-hybridized carbons (Fsp3) is 0.172. The van der Waals surface area contributed by atoms with Gasteiger partial charge in [-0.25, -0.2) is 14.6 Å². The minimum absolute atomic E-state index is 0.108. The van der Waals surface area contributed by atoms with Gasteiger partial charge in [-0.05, 0) is 49.2 Å². The van der Waals surface area contributed by atoms with Crippen molar-refractivity contribution in [2.45, 2.75) is 19.9 Å². The van der Waals surface area contributed by atoms with Gasteiger partial charge in [0.05, 0.1) is 41.6 Å². The molecule has 0 spiro atoms. The van der Waals surface area contributed by atoms with Crippen molar-refractivity contribution in [3.05, 3.63) is 108 Å². The highest BCUT2D eigenvalue weighted by Crippen LogP contribution is 2.33. The third-order valence-electron chi connectivity index (χ3n) is 6.50. The lowest BCUT2D eigenvalue weighted by molar-refractivity contribution is -0.136. The van der Waals surface area contributed by atoms with Crippen molar-refractivity contribution < 1.29 is 28.6 Å². The average Bonchev–Trinajstić information content (AvgIpc) is 3.52. The maximum absolute atomic E-state index is 13.8. The minimum atomic E-state index is -1.07. The summed E-state index contributed by atoms with van der Waals surface area (Å²) >= 11 is 1.16. The van der Waals surface area contributed by atoms with Gasteiger partial charge in [0.15, 0.2) is 4.80 Å². The summed E-state index contributed by atoms with van der Waals surface area (Å²) in [5, 5.41) is 9.52. The standard InChI is InChI=1S/C29H24N2O7S/c1-15-9-10-17(13-22(15)36-3)25-24(28(35)37-4)16(2)30-29-31(25)26(32)23(39-29)14-18-11-12-21(38-18)19-7-5-6-8-20(19)27(33)34/h5-14,25H,1-4H3,(H,33,34)/b23-14+/t25-/m0/s1. The number of carbonyl (C=O) groups is 2. The number of methoxy groups -OCH3 is 2. The van der Waals surface area contributed by atoms with E-state index in [0.29, 0.717) is 43.4 Å². The maximum Gasteiger partial charge on any atom is 0.338 e. The Hall–Kier alpha value is -4.70. The van der Waals surface area contributed by atoms with Crippen LogP contribution in [0.5, 0.6) is 5.75 Å². The number of hydrogen-bond acceptors (Lipinski definition) is 8. The van der Waals surface area contributed by atoms with E-state index in [1.165, 1.54) is 17.7 Å². The van der Waals surface area contributed by atoms with Crippen LogP contribution in [-0.4, -0.2) is 35.8 Å². The van der Waals surface area contributed by atoms with Crippen LogP contribution in [0.3, 0.4) is 0 Å². The van der Waals surface area contributed by atoms with Crippen molar-refractivity contribution >= 4 is 29.4 Å². The first-order chi connectivity index (χ1) is 18.7. The summed E-state index contributed by atoms with van der Waals surface area (Å²) in [6, 6.07) is 14.6. The number of aromatic carboxylic acids is 1. The summed E-state index contributed by atoms with van der Waals surface area (Å²) in [4.78, 5) is 43.2. The number of ether oxygens (including phenoxy) is 2. The average molecular weight is 545 g/mol. The van der Waals surface area contributed by atoms with Crippen LogP contribution in [0.25, 0.3) is 17.4 Å². The number of benzene rings is 2. The third-order valence-corrected chi connectivity index (χ3v) is 7.48. The minimum Gasteiger partial charge on any atom is -0.496 e. The molecule has 4 aromatic rings. The van der Waals surface area contributed by atoms with E-state index in [1.54, 1.807) is 56.5 Å². The predicted octanol–water partition coefficient (Wildman–Crippen LogP) is 3.68. The second-order valence-corrected chi connectivity index (χ2v) is 9.86. The van der Waals surface area contributed by atoms with Crippen LogP contribution in [0, 0.1) is 6.92 Å². The summed E-state index contributed by atoms with van der Waals surface area (Å²) in [6.07, 6.45) is 1.58. The lowest BCUT2D eigenvalue weighted by atomic mass is 9.95. The van der Waals surface area contributed by atoms with Crippen LogP contribution < -0.4 is 19.6 Å². The Kier molecular flexibility index (Phi) is 6.80. The van der Waals surface area contributed by atoms with E-state index in [2.05, 4.69) is 4.99 Å². The lowest BCUT2D eigenvalue weighted by Gasteiger charge is -2.25. The topological polar surface area (TPSA) is 120 Å². The molecule has 0 bridgehead atoms. The van der Waals surface area contributed by atoms with E-state index in [1.807, 2.05) is 19.1 Å². The molecule has 0 amide bonds. The molecular weight excluding hydrogens is 520 g/mol. The van der Waals surface area contributed by atoms with Crippen molar-refractivity contribution in [3.63, 3.8) is 0 Å². The molecule has 39 heavy (non-hydrogen) atoms. The van der Waals surface area contributed by atoms with Crippen molar-refractivity contribution in [1.29, 1.82) is 0 Å². The molecule has 0 aliphatic carbocycles. The number of nitrogens with zero attached hydrogens (tertiary/aromatic N) is 2. The van der Waals surface area contributed by atoms with Crippen molar-refractivity contribution in [1.82, 2.24) is 4.57 Å². The number of aromatic nitrogens is 1. The molecule has 0 unspecified atom stereocenters. The van der Waals surface area contributed by atoms with Gasteiger partial charge in [0.2, 0.25) is 0 Å². The van der Waals surface area contributed by atoms with Gasteiger partial charge in [-0.3, -0.25) is 9.36 Å². The number of carboxylic acid groups (broad SMARTS) is 1. The number of thiazole rings is 1. The second kappa shape index (κ2) is 10.2. The number of aryl methyl sites for hydroxylation is 1. The molecule has 0 saturated carbocycles. The second-order valence-electron chi connectivity index (χ2n) is 8.86. The van der Waals surface area contributed by atoms with E-state index in [9.17, 15) is 19.5 Å². The number of hydrogen-bond donors (Lipinski definition) is 1. The van der Waals surface area contributed by atoms with Gasteiger partial charge in [-0.1, -0.05) is 41.7 Å². The fourth-order valence-electron chi connectivity index (χ4n) is 4.60. The molecule has 0 fully saturated rings. The molecule has 1 atom stereocenters. The van der Waals surface area contributed by atoms with Gasteiger partial charge in [-0.2, -0.15) is 0 Å². The highest BCUT2D eigenvalue weighted by Gasteiger charge is 2.33. The molecule has 10 heteroatoms. The van der Waals surface area contributed by atoms with Gasteiger partial charge in [-0.15, -0.1) is 0 Å². The van der Waals surface area contributed by atoms with Crippen LogP contribution in [0.1, 0.15) is 40.2 Å². The van der Waals surface area contributed by atoms with Crippen molar-refractivity contribution in [2.75, 3.05) is 14.2 Å². The first-order valence-corrected chi connectivity index (χ1v) is 12.7. The summed E-state index contributed by atoms with van der Waals surface area (Å²) in [5.74, 6) is -0.295. The molecule has 0 radical (unpaired) electrons. The monoisotopic (exact) mass is 544 g/mol. The zero-order chi connectivity index (χ0) is 27.8. The zero-order valence-corrected chi connectivity index (χ0v) is 22.4. The molecule has 2 aromatic carbocycles. The number of furan rings is 1. The number of rotatable bonds is 6. The highest BCUT2D eigenvalue weighted by molar-refractivity contribution is 7.07. The van der Waals surface area contributed by atoms with E-state index in [0.717, 1.165) is 16.9 Å². The van der Waals surface area contributed by atoms with Gasteiger partial charge in [0.1, 0.15) is 17.3 Å². The van der Waals surface area contributed by atoms with E-state index in [-0.39, 0.29) is 16.7 Å². The van der Waals surface area contributed by atoms with Crippen LogP contribution >= 0.6 is 11.3 Å². The summed E-state index contributed by atoms with van der Waals surface area (Å²) in [5.41, 5.74) is 2.46. The SMILES string of the molecule is COC(=O)C1=C(C)N=c2s/c(=C/c3ccc(-c4ccccc4C(=O)O)o3)c(=O)n2[C@H]1c1ccc(C)c(OC)c1.